The Bertz CT molecular complexity index is 557. The number of hydrogen-bond donors (Lipinski definition) is 2. The minimum absolute atomic E-state index is 0.124. The predicted octanol–water partition coefficient (Wildman–Crippen LogP) is -0.346. The van der Waals surface area contributed by atoms with E-state index < -0.39 is 11.7 Å². The predicted molar refractivity (Wildman–Crippen MR) is 48.9 cm³/mol. The number of H-pyrrole nitrogens is 1. The molecule has 0 atom stereocenters. The number of aromatic amines is 1. The second-order valence-electron chi connectivity index (χ2n) is 2.74. The molecule has 0 aliphatic carbocycles. The van der Waals surface area contributed by atoms with Crippen LogP contribution in [0.5, 0.6) is 0 Å². The normalized spacial score (nSPS) is 10.1. The number of carbonyl (C=O) groups is 1. The second kappa shape index (κ2) is 3.37. The Balaban J connectivity index is 2.55. The molecule has 0 radical (unpaired) electrons. The molecule has 2 heterocycles. The Morgan fingerprint density at radius 1 is 1.53 bits per heavy atom. The fraction of sp³-hybridized carbons (Fsp3) is 0. The summed E-state index contributed by atoms with van der Waals surface area (Å²) < 4.78 is 1.19. The first-order valence-electron chi connectivity index (χ1n) is 4.00. The van der Waals surface area contributed by atoms with E-state index in [2.05, 4.69) is 15.2 Å². The van der Waals surface area contributed by atoms with Crippen LogP contribution in [0.2, 0.25) is 0 Å². The fourth-order valence-corrected chi connectivity index (χ4v) is 1.12. The summed E-state index contributed by atoms with van der Waals surface area (Å²) in [6.07, 6.45) is 2.58. The molecule has 15 heavy (non-hydrogen) atoms. The summed E-state index contributed by atoms with van der Waals surface area (Å²) in [5.41, 5.74) is -0.153. The summed E-state index contributed by atoms with van der Waals surface area (Å²) in [6.45, 7) is 0. The molecule has 0 unspecified atom stereocenters. The molecule has 7 heteroatoms. The minimum Gasteiger partial charge on any atom is -0.477 e. The topological polar surface area (TPSA) is 101 Å². The van der Waals surface area contributed by atoms with E-state index in [1.807, 2.05) is 0 Å². The summed E-state index contributed by atoms with van der Waals surface area (Å²) in [7, 11) is 0. The van der Waals surface area contributed by atoms with Crippen LogP contribution in [0, 0.1) is 0 Å². The molecule has 2 rings (SSSR count). The molecule has 0 aromatic carbocycles. The number of rotatable bonds is 2. The molecular weight excluding hydrogens is 200 g/mol. The van der Waals surface area contributed by atoms with E-state index in [0.717, 1.165) is 0 Å². The van der Waals surface area contributed by atoms with Gasteiger partial charge >= 0.3 is 11.7 Å². The van der Waals surface area contributed by atoms with Crippen LogP contribution >= 0.6 is 0 Å². The molecule has 0 amide bonds. The number of aromatic carboxylic acids is 1. The van der Waals surface area contributed by atoms with Crippen molar-refractivity contribution in [1.29, 1.82) is 0 Å². The van der Waals surface area contributed by atoms with E-state index in [9.17, 15) is 9.59 Å². The van der Waals surface area contributed by atoms with E-state index in [-0.39, 0.29) is 5.69 Å². The molecule has 0 saturated heterocycles. The van der Waals surface area contributed by atoms with Gasteiger partial charge in [-0.05, 0) is 12.1 Å². The van der Waals surface area contributed by atoms with Crippen LogP contribution in [0.15, 0.2) is 29.5 Å². The average Bonchev–Trinajstić information content (AvgIpc) is 2.64. The molecule has 2 aromatic rings. The molecule has 76 valence electrons. The highest BCUT2D eigenvalue weighted by Gasteiger charge is 2.07. The third-order valence-electron chi connectivity index (χ3n) is 1.79. The van der Waals surface area contributed by atoms with Gasteiger partial charge in [0, 0.05) is 6.20 Å². The zero-order valence-corrected chi connectivity index (χ0v) is 7.41. The van der Waals surface area contributed by atoms with Crippen LogP contribution in [-0.2, 0) is 0 Å². The van der Waals surface area contributed by atoms with Gasteiger partial charge in [0.25, 0.3) is 0 Å². The highest BCUT2D eigenvalue weighted by molar-refractivity contribution is 5.85. The van der Waals surface area contributed by atoms with Gasteiger partial charge in [-0.25, -0.2) is 24.2 Å². The molecule has 0 spiro atoms. The largest absolute Gasteiger partial charge is 0.477 e. The Morgan fingerprint density at radius 3 is 2.93 bits per heavy atom. The number of nitrogens with one attached hydrogen (secondary N) is 1. The maximum Gasteiger partial charge on any atom is 0.354 e. The second-order valence-corrected chi connectivity index (χ2v) is 2.74. The highest BCUT2D eigenvalue weighted by atomic mass is 16.4. The van der Waals surface area contributed by atoms with Crippen molar-refractivity contribution in [2.24, 2.45) is 0 Å². The van der Waals surface area contributed by atoms with E-state index in [1.165, 1.54) is 29.2 Å². The first-order valence-corrected chi connectivity index (χ1v) is 4.00. The van der Waals surface area contributed by atoms with E-state index >= 15 is 0 Å². The van der Waals surface area contributed by atoms with E-state index in [0.29, 0.717) is 5.69 Å². The van der Waals surface area contributed by atoms with Crippen molar-refractivity contribution in [2.75, 3.05) is 0 Å². The zero-order chi connectivity index (χ0) is 10.8. The van der Waals surface area contributed by atoms with Gasteiger partial charge in [-0.3, -0.25) is 0 Å². The van der Waals surface area contributed by atoms with Crippen LogP contribution in [0.1, 0.15) is 10.5 Å². The maximum absolute atomic E-state index is 11.2. The molecule has 0 bridgehead atoms. The number of carboxylic acid groups (broad SMARTS) is 1. The highest BCUT2D eigenvalue weighted by Crippen LogP contribution is 2.04. The van der Waals surface area contributed by atoms with Crippen LogP contribution in [0.25, 0.3) is 5.69 Å². The van der Waals surface area contributed by atoms with Gasteiger partial charge in [0.2, 0.25) is 0 Å². The number of aromatic nitrogens is 4. The Hall–Kier alpha value is -2.44. The maximum atomic E-state index is 11.2. The quantitative estimate of drug-likeness (QED) is 0.699. The molecular formula is C8H6N4O3. The number of carboxylic acids is 1. The first-order chi connectivity index (χ1) is 7.18. The fourth-order valence-electron chi connectivity index (χ4n) is 1.12. The minimum atomic E-state index is -1.15. The lowest BCUT2D eigenvalue weighted by Crippen LogP contribution is -2.14. The SMILES string of the molecule is O=C(O)c1cc(-n2cn[nH]c2=O)ccn1. The van der Waals surface area contributed by atoms with Crippen molar-refractivity contribution in [3.05, 3.63) is 40.8 Å². The molecule has 0 fully saturated rings. The van der Waals surface area contributed by atoms with Crippen molar-refractivity contribution in [3.63, 3.8) is 0 Å². The van der Waals surface area contributed by atoms with Crippen molar-refractivity contribution in [1.82, 2.24) is 19.7 Å². The van der Waals surface area contributed by atoms with Gasteiger partial charge in [-0.1, -0.05) is 0 Å². The lowest BCUT2D eigenvalue weighted by molar-refractivity contribution is 0.0690. The lowest BCUT2D eigenvalue weighted by Gasteiger charge is -1.99. The summed E-state index contributed by atoms with van der Waals surface area (Å²) in [6, 6.07) is 2.81. The lowest BCUT2D eigenvalue weighted by atomic mass is 10.3. The first kappa shape index (κ1) is 9.13. The van der Waals surface area contributed by atoms with Crippen LogP contribution in [-0.4, -0.2) is 30.8 Å². The molecule has 2 aromatic heterocycles. The third-order valence-corrected chi connectivity index (χ3v) is 1.79. The van der Waals surface area contributed by atoms with Crippen LogP contribution in [0.4, 0.5) is 0 Å². The molecule has 0 saturated carbocycles. The Kier molecular flexibility index (Phi) is 2.05. The Morgan fingerprint density at radius 2 is 2.33 bits per heavy atom. The number of pyridine rings is 1. The monoisotopic (exact) mass is 206 g/mol. The summed E-state index contributed by atoms with van der Waals surface area (Å²) >= 11 is 0. The molecule has 0 aliphatic heterocycles. The third kappa shape index (κ3) is 1.62. The molecule has 2 N–H and O–H groups in total. The zero-order valence-electron chi connectivity index (χ0n) is 7.41. The van der Waals surface area contributed by atoms with Crippen LogP contribution < -0.4 is 5.69 Å². The summed E-state index contributed by atoms with van der Waals surface area (Å²) in [5, 5.41) is 14.4. The summed E-state index contributed by atoms with van der Waals surface area (Å²) in [4.78, 5) is 25.4. The molecule has 0 aliphatic rings. The van der Waals surface area contributed by atoms with Gasteiger partial charge in [-0.2, -0.15) is 5.10 Å². The smallest absolute Gasteiger partial charge is 0.354 e. The average molecular weight is 206 g/mol. The molecule has 7 nitrogen and oxygen atoms in total. The van der Waals surface area contributed by atoms with Gasteiger partial charge in [0.15, 0.2) is 0 Å². The van der Waals surface area contributed by atoms with Crippen molar-refractivity contribution < 1.29 is 9.90 Å². The standard InChI is InChI=1S/C8H6N4O3/c13-7(14)6-3-5(1-2-9-6)12-4-10-11-8(12)15/h1-4H,(H,11,15)(H,13,14). The van der Waals surface area contributed by atoms with Gasteiger partial charge in [-0.15, -0.1) is 0 Å². The van der Waals surface area contributed by atoms with Crippen molar-refractivity contribution >= 4 is 5.97 Å². The van der Waals surface area contributed by atoms with Gasteiger partial charge < -0.3 is 5.11 Å². The van der Waals surface area contributed by atoms with Crippen molar-refractivity contribution in [2.45, 2.75) is 0 Å². The van der Waals surface area contributed by atoms with Crippen molar-refractivity contribution in [3.8, 4) is 5.69 Å². The number of nitrogens with zero attached hydrogens (tertiary/aromatic N) is 3. The van der Waals surface area contributed by atoms with E-state index in [4.69, 9.17) is 5.11 Å². The Labute approximate surface area is 83.0 Å². The van der Waals surface area contributed by atoms with Crippen LogP contribution in [0.3, 0.4) is 0 Å². The van der Waals surface area contributed by atoms with Gasteiger partial charge in [0.05, 0.1) is 5.69 Å². The summed E-state index contributed by atoms with van der Waals surface area (Å²) in [5.74, 6) is -1.15. The number of hydrogen-bond acceptors (Lipinski definition) is 4. The van der Waals surface area contributed by atoms with Gasteiger partial charge in [0.1, 0.15) is 12.0 Å². The van der Waals surface area contributed by atoms with E-state index in [1.54, 1.807) is 0 Å².